The molecule has 0 saturated carbocycles. The number of anilines is 1. The highest BCUT2D eigenvalue weighted by Gasteiger charge is 2.36. The van der Waals surface area contributed by atoms with Crippen LogP contribution in [0.5, 0.6) is 0 Å². The number of likely N-dealkylation sites (N-methyl/N-ethyl adjacent to an activating group) is 1. The normalized spacial score (nSPS) is 24.2. The molecule has 24 heavy (non-hydrogen) atoms. The Morgan fingerprint density at radius 3 is 2.58 bits per heavy atom. The summed E-state index contributed by atoms with van der Waals surface area (Å²) in [6.07, 6.45) is 4.73. The quantitative estimate of drug-likeness (QED) is 0.908. The predicted molar refractivity (Wildman–Crippen MR) is 97.5 cm³/mol. The number of carbonyl (C=O) groups excluding carboxylic acids is 2. The van der Waals surface area contributed by atoms with Gasteiger partial charge in [-0.25, -0.2) is 0 Å². The van der Waals surface area contributed by atoms with Crippen LogP contribution < -0.4 is 10.2 Å². The fourth-order valence-corrected chi connectivity index (χ4v) is 3.54. The van der Waals surface area contributed by atoms with Crippen molar-refractivity contribution in [3.05, 3.63) is 30.3 Å². The van der Waals surface area contributed by atoms with Gasteiger partial charge in [-0.3, -0.25) is 9.59 Å². The van der Waals surface area contributed by atoms with Gasteiger partial charge in [0.1, 0.15) is 6.04 Å². The van der Waals surface area contributed by atoms with Crippen molar-refractivity contribution < 1.29 is 9.59 Å². The van der Waals surface area contributed by atoms with E-state index in [1.807, 2.05) is 35.2 Å². The standard InChI is InChI=1S/C18H25N3O2.ClH/c1-20(17(22)15-10-5-6-12-19-15)16-11-7-13-21(18(16)23)14-8-3-2-4-9-14;/h2-4,8-9,15-16,19H,5-7,10-13H2,1H3;1H. The minimum atomic E-state index is -0.347. The lowest BCUT2D eigenvalue weighted by Crippen LogP contribution is -2.57. The summed E-state index contributed by atoms with van der Waals surface area (Å²) in [5.74, 6) is 0.0899. The average Bonchev–Trinajstić information content (AvgIpc) is 2.62. The molecule has 0 spiro atoms. The monoisotopic (exact) mass is 351 g/mol. The molecule has 0 aliphatic carbocycles. The first-order chi connectivity index (χ1) is 11.2. The molecule has 2 fully saturated rings. The molecule has 2 amide bonds. The summed E-state index contributed by atoms with van der Waals surface area (Å²) >= 11 is 0. The topological polar surface area (TPSA) is 52.7 Å². The molecule has 1 aromatic rings. The molecule has 1 aromatic carbocycles. The third kappa shape index (κ3) is 3.90. The number of nitrogens with zero attached hydrogens (tertiary/aromatic N) is 2. The van der Waals surface area contributed by atoms with Crippen LogP contribution in [0.4, 0.5) is 5.69 Å². The molecular weight excluding hydrogens is 326 g/mol. The van der Waals surface area contributed by atoms with Crippen LogP contribution in [0, 0.1) is 0 Å². The van der Waals surface area contributed by atoms with Gasteiger partial charge in [0.25, 0.3) is 0 Å². The fourth-order valence-electron chi connectivity index (χ4n) is 3.54. The van der Waals surface area contributed by atoms with Crippen molar-refractivity contribution in [1.29, 1.82) is 0 Å². The van der Waals surface area contributed by atoms with Gasteiger partial charge < -0.3 is 15.1 Å². The van der Waals surface area contributed by atoms with Gasteiger partial charge in [0.05, 0.1) is 6.04 Å². The van der Waals surface area contributed by atoms with E-state index in [2.05, 4.69) is 5.32 Å². The van der Waals surface area contributed by atoms with Crippen LogP contribution in [0.2, 0.25) is 0 Å². The Labute approximate surface area is 149 Å². The number of piperidine rings is 2. The zero-order valence-electron chi connectivity index (χ0n) is 14.1. The van der Waals surface area contributed by atoms with Gasteiger partial charge in [-0.2, -0.15) is 0 Å². The number of amides is 2. The Morgan fingerprint density at radius 2 is 1.92 bits per heavy atom. The Morgan fingerprint density at radius 1 is 1.17 bits per heavy atom. The van der Waals surface area contributed by atoms with Crippen molar-refractivity contribution in [3.8, 4) is 0 Å². The van der Waals surface area contributed by atoms with E-state index < -0.39 is 0 Å². The van der Waals surface area contributed by atoms with E-state index in [1.54, 1.807) is 11.9 Å². The van der Waals surface area contributed by atoms with Gasteiger partial charge in [-0.05, 0) is 44.4 Å². The number of nitrogens with one attached hydrogen (secondary N) is 1. The van der Waals surface area contributed by atoms with Gasteiger partial charge in [0.2, 0.25) is 11.8 Å². The second-order valence-corrected chi connectivity index (χ2v) is 6.44. The molecule has 0 radical (unpaired) electrons. The number of hydrogen-bond donors (Lipinski definition) is 1. The first-order valence-corrected chi connectivity index (χ1v) is 8.55. The van der Waals surface area contributed by atoms with Gasteiger partial charge in [0.15, 0.2) is 0 Å². The van der Waals surface area contributed by atoms with Crippen molar-refractivity contribution in [2.45, 2.75) is 44.2 Å². The maximum Gasteiger partial charge on any atom is 0.249 e. The molecular formula is C18H26ClN3O2. The van der Waals surface area contributed by atoms with Crippen molar-refractivity contribution in [2.75, 3.05) is 25.0 Å². The minimum Gasteiger partial charge on any atom is -0.332 e. The van der Waals surface area contributed by atoms with Crippen LogP contribution in [0.25, 0.3) is 0 Å². The molecule has 2 aliphatic heterocycles. The van der Waals surface area contributed by atoms with Gasteiger partial charge >= 0.3 is 0 Å². The number of rotatable bonds is 3. The fraction of sp³-hybridized carbons (Fsp3) is 0.556. The van der Waals surface area contributed by atoms with Gasteiger partial charge in [0, 0.05) is 19.3 Å². The van der Waals surface area contributed by atoms with Gasteiger partial charge in [-0.1, -0.05) is 24.6 Å². The van der Waals surface area contributed by atoms with Gasteiger partial charge in [-0.15, -0.1) is 12.4 Å². The summed E-state index contributed by atoms with van der Waals surface area (Å²) in [6, 6.07) is 9.24. The number of hydrogen-bond acceptors (Lipinski definition) is 3. The summed E-state index contributed by atoms with van der Waals surface area (Å²) in [5, 5.41) is 3.28. The highest BCUT2D eigenvalue weighted by atomic mass is 35.5. The Hall–Kier alpha value is -1.59. The number of halogens is 1. The molecule has 6 heteroatoms. The predicted octanol–water partition coefficient (Wildman–Crippen LogP) is 2.20. The molecule has 2 atom stereocenters. The van der Waals surface area contributed by atoms with E-state index in [0.29, 0.717) is 0 Å². The Balaban J connectivity index is 0.00000208. The Kier molecular flexibility index (Phi) is 6.63. The van der Waals surface area contributed by atoms with E-state index >= 15 is 0 Å². The molecule has 3 rings (SSSR count). The lowest BCUT2D eigenvalue weighted by Gasteiger charge is -2.38. The lowest BCUT2D eigenvalue weighted by molar-refractivity contribution is -0.140. The first kappa shape index (κ1) is 18.7. The molecule has 132 valence electrons. The summed E-state index contributed by atoms with van der Waals surface area (Å²) in [7, 11) is 1.77. The summed E-state index contributed by atoms with van der Waals surface area (Å²) in [4.78, 5) is 29.0. The van der Waals surface area contributed by atoms with Crippen LogP contribution in [-0.4, -0.2) is 48.9 Å². The molecule has 2 aliphatic rings. The number of para-hydroxylation sites is 1. The van der Waals surface area contributed by atoms with E-state index in [0.717, 1.165) is 50.9 Å². The van der Waals surface area contributed by atoms with Crippen molar-refractivity contribution in [1.82, 2.24) is 10.2 Å². The lowest BCUT2D eigenvalue weighted by atomic mass is 9.99. The zero-order valence-corrected chi connectivity index (χ0v) is 14.9. The highest BCUT2D eigenvalue weighted by molar-refractivity contribution is 6.00. The van der Waals surface area contributed by atoms with E-state index in [-0.39, 0.29) is 36.3 Å². The summed E-state index contributed by atoms with van der Waals surface area (Å²) in [5.41, 5.74) is 0.916. The second kappa shape index (κ2) is 8.49. The highest BCUT2D eigenvalue weighted by Crippen LogP contribution is 2.24. The molecule has 0 bridgehead atoms. The molecule has 5 nitrogen and oxygen atoms in total. The van der Waals surface area contributed by atoms with Crippen LogP contribution >= 0.6 is 12.4 Å². The summed E-state index contributed by atoms with van der Waals surface area (Å²) in [6.45, 7) is 1.61. The molecule has 0 aromatic heterocycles. The smallest absolute Gasteiger partial charge is 0.249 e. The van der Waals surface area contributed by atoms with Crippen molar-refractivity contribution >= 4 is 29.9 Å². The number of carbonyl (C=O) groups is 2. The van der Waals surface area contributed by atoms with Crippen molar-refractivity contribution in [2.24, 2.45) is 0 Å². The van der Waals surface area contributed by atoms with Crippen molar-refractivity contribution in [3.63, 3.8) is 0 Å². The van der Waals surface area contributed by atoms with E-state index in [1.165, 1.54) is 0 Å². The average molecular weight is 352 g/mol. The maximum absolute atomic E-state index is 12.9. The SMILES string of the molecule is CN(C(=O)C1CCCCN1)C1CCCN(c2ccccc2)C1=O.Cl. The maximum atomic E-state index is 12.9. The van der Waals surface area contributed by atoms with E-state index in [4.69, 9.17) is 0 Å². The molecule has 2 saturated heterocycles. The summed E-state index contributed by atoms with van der Waals surface area (Å²) < 4.78 is 0. The largest absolute Gasteiger partial charge is 0.332 e. The first-order valence-electron chi connectivity index (χ1n) is 8.55. The van der Waals surface area contributed by atoms with Crippen LogP contribution in [0.3, 0.4) is 0 Å². The Bertz CT molecular complexity index is 561. The second-order valence-electron chi connectivity index (χ2n) is 6.44. The van der Waals surface area contributed by atoms with Crippen LogP contribution in [0.1, 0.15) is 32.1 Å². The molecule has 1 N–H and O–H groups in total. The zero-order chi connectivity index (χ0) is 16.2. The molecule has 2 unspecified atom stereocenters. The third-order valence-electron chi connectivity index (χ3n) is 4.90. The van der Waals surface area contributed by atoms with E-state index in [9.17, 15) is 9.59 Å². The van der Waals surface area contributed by atoms with Crippen LogP contribution in [-0.2, 0) is 9.59 Å². The molecule has 2 heterocycles. The number of benzene rings is 1. The third-order valence-corrected chi connectivity index (χ3v) is 4.90. The minimum absolute atomic E-state index is 0. The van der Waals surface area contributed by atoms with Crippen LogP contribution in [0.15, 0.2) is 30.3 Å².